The molecule has 0 aliphatic carbocycles. The first-order valence-electron chi connectivity index (χ1n) is 4.91. The largest absolute Gasteiger partial charge is 0.268 e. The minimum Gasteiger partial charge on any atom is -0.268 e. The molecule has 0 amide bonds. The molecule has 0 unspecified atom stereocenters. The first kappa shape index (κ1) is 11.0. The molecule has 0 saturated heterocycles. The number of sulfone groups is 1. The lowest BCUT2D eigenvalue weighted by Gasteiger charge is -2.11. The number of nitrogens with zero attached hydrogens (tertiary/aromatic N) is 2. The molecule has 1 aromatic rings. The van der Waals surface area contributed by atoms with Crippen molar-refractivity contribution in [2.45, 2.75) is 31.5 Å². The zero-order chi connectivity index (χ0) is 11.1. The number of aryl methyl sites for hydroxylation is 2. The van der Waals surface area contributed by atoms with Crippen LogP contribution in [0.2, 0.25) is 0 Å². The summed E-state index contributed by atoms with van der Waals surface area (Å²) < 4.78 is 24.8. The average molecular weight is 249 g/mol. The second kappa shape index (κ2) is 3.79. The van der Waals surface area contributed by atoms with Crippen LogP contribution in [0.5, 0.6) is 0 Å². The number of fused-ring (bicyclic) bond motifs is 1. The van der Waals surface area contributed by atoms with Crippen LogP contribution in [0.4, 0.5) is 0 Å². The van der Waals surface area contributed by atoms with Gasteiger partial charge in [0.1, 0.15) is 0 Å². The van der Waals surface area contributed by atoms with Crippen LogP contribution in [0.3, 0.4) is 0 Å². The molecular formula is C9H13ClN2O2S. The highest BCUT2D eigenvalue weighted by atomic mass is 35.5. The van der Waals surface area contributed by atoms with Gasteiger partial charge in [-0.1, -0.05) is 0 Å². The van der Waals surface area contributed by atoms with E-state index >= 15 is 0 Å². The number of aromatic nitrogens is 2. The van der Waals surface area contributed by atoms with Gasteiger partial charge >= 0.3 is 0 Å². The SMILES string of the molecule is CCn1nc2c(c1CCl)CS(=O)(=O)CC2. The summed E-state index contributed by atoms with van der Waals surface area (Å²) in [6.07, 6.45) is 0.522. The topological polar surface area (TPSA) is 52.0 Å². The van der Waals surface area contributed by atoms with Gasteiger partial charge in [0.25, 0.3) is 0 Å². The molecule has 2 rings (SSSR count). The Bertz CT molecular complexity index is 479. The second-order valence-corrected chi connectivity index (χ2v) is 6.11. The molecule has 4 nitrogen and oxygen atoms in total. The summed E-state index contributed by atoms with van der Waals surface area (Å²) >= 11 is 5.83. The summed E-state index contributed by atoms with van der Waals surface area (Å²) in [7, 11) is -2.94. The van der Waals surface area contributed by atoms with E-state index in [2.05, 4.69) is 5.10 Å². The van der Waals surface area contributed by atoms with E-state index in [9.17, 15) is 8.42 Å². The Kier molecular flexibility index (Phi) is 2.77. The summed E-state index contributed by atoms with van der Waals surface area (Å²) in [5.41, 5.74) is 2.60. The first-order chi connectivity index (χ1) is 7.07. The lowest BCUT2D eigenvalue weighted by atomic mass is 10.2. The minimum absolute atomic E-state index is 0.102. The summed E-state index contributed by atoms with van der Waals surface area (Å²) in [6, 6.07) is 0. The van der Waals surface area contributed by atoms with Crippen LogP contribution in [0.15, 0.2) is 0 Å². The first-order valence-corrected chi connectivity index (χ1v) is 7.27. The molecular weight excluding hydrogens is 236 g/mol. The smallest absolute Gasteiger partial charge is 0.154 e. The van der Waals surface area contributed by atoms with Crippen LogP contribution in [0.1, 0.15) is 23.9 Å². The Labute approximate surface area is 94.2 Å². The summed E-state index contributed by atoms with van der Waals surface area (Å²) in [5, 5.41) is 4.37. The molecule has 6 heteroatoms. The van der Waals surface area contributed by atoms with Crippen LogP contribution in [0, 0.1) is 0 Å². The van der Waals surface area contributed by atoms with E-state index in [0.717, 1.165) is 23.5 Å². The minimum atomic E-state index is -2.94. The van der Waals surface area contributed by atoms with Gasteiger partial charge in [-0.15, -0.1) is 11.6 Å². The van der Waals surface area contributed by atoms with Gasteiger partial charge in [-0.3, -0.25) is 4.68 Å². The van der Waals surface area contributed by atoms with E-state index in [4.69, 9.17) is 11.6 Å². The molecule has 1 aliphatic rings. The molecule has 0 radical (unpaired) electrons. The van der Waals surface area contributed by atoms with Gasteiger partial charge in [0.2, 0.25) is 0 Å². The molecule has 0 fully saturated rings. The Hall–Kier alpha value is -0.550. The number of rotatable bonds is 2. The average Bonchev–Trinajstić information content (AvgIpc) is 2.53. The van der Waals surface area contributed by atoms with Crippen LogP contribution >= 0.6 is 11.6 Å². The van der Waals surface area contributed by atoms with Gasteiger partial charge in [0, 0.05) is 18.5 Å². The molecule has 15 heavy (non-hydrogen) atoms. The molecule has 1 aromatic heterocycles. The zero-order valence-electron chi connectivity index (χ0n) is 8.53. The predicted octanol–water partition coefficient (Wildman–Crippen LogP) is 1.11. The quantitative estimate of drug-likeness (QED) is 0.737. The van der Waals surface area contributed by atoms with Crippen molar-refractivity contribution in [2.75, 3.05) is 5.75 Å². The Morgan fingerprint density at radius 3 is 2.87 bits per heavy atom. The highest BCUT2D eigenvalue weighted by Crippen LogP contribution is 2.24. The van der Waals surface area contributed by atoms with Gasteiger partial charge in [0.05, 0.1) is 28.8 Å². The van der Waals surface area contributed by atoms with Crippen molar-refractivity contribution in [2.24, 2.45) is 0 Å². The highest BCUT2D eigenvalue weighted by molar-refractivity contribution is 7.90. The van der Waals surface area contributed by atoms with Crippen molar-refractivity contribution in [1.82, 2.24) is 9.78 Å². The lowest BCUT2D eigenvalue weighted by molar-refractivity contribution is 0.590. The second-order valence-electron chi connectivity index (χ2n) is 3.66. The van der Waals surface area contributed by atoms with E-state index in [1.54, 1.807) is 4.68 Å². The van der Waals surface area contributed by atoms with Gasteiger partial charge in [0.15, 0.2) is 9.84 Å². The number of hydrogen-bond donors (Lipinski definition) is 0. The molecule has 0 N–H and O–H groups in total. The molecule has 84 valence electrons. The van der Waals surface area contributed by atoms with E-state index in [1.165, 1.54) is 0 Å². The van der Waals surface area contributed by atoms with Crippen molar-refractivity contribution in [3.63, 3.8) is 0 Å². The van der Waals surface area contributed by atoms with E-state index < -0.39 is 9.84 Å². The van der Waals surface area contributed by atoms with Crippen molar-refractivity contribution < 1.29 is 8.42 Å². The number of hydrogen-bond acceptors (Lipinski definition) is 3. The summed E-state index contributed by atoms with van der Waals surface area (Å²) in [4.78, 5) is 0. The van der Waals surface area contributed by atoms with Gasteiger partial charge in [-0.05, 0) is 6.92 Å². The molecule has 2 heterocycles. The third-order valence-corrected chi connectivity index (χ3v) is 4.50. The molecule has 0 bridgehead atoms. The van der Waals surface area contributed by atoms with Crippen LogP contribution in [0.25, 0.3) is 0 Å². The van der Waals surface area contributed by atoms with E-state index in [0.29, 0.717) is 12.3 Å². The third-order valence-electron chi connectivity index (χ3n) is 2.69. The highest BCUT2D eigenvalue weighted by Gasteiger charge is 2.27. The van der Waals surface area contributed by atoms with Crippen LogP contribution < -0.4 is 0 Å². The maximum atomic E-state index is 11.5. The fraction of sp³-hybridized carbons (Fsp3) is 0.667. The van der Waals surface area contributed by atoms with E-state index in [1.807, 2.05) is 6.92 Å². The predicted molar refractivity (Wildman–Crippen MR) is 58.7 cm³/mol. The van der Waals surface area contributed by atoms with Crippen molar-refractivity contribution in [3.8, 4) is 0 Å². The van der Waals surface area contributed by atoms with Crippen LogP contribution in [-0.4, -0.2) is 24.0 Å². The Morgan fingerprint density at radius 1 is 1.53 bits per heavy atom. The molecule has 0 atom stereocenters. The van der Waals surface area contributed by atoms with Crippen LogP contribution in [-0.2, 0) is 34.4 Å². The fourth-order valence-corrected chi connectivity index (χ4v) is 3.63. The molecule has 0 spiro atoms. The zero-order valence-corrected chi connectivity index (χ0v) is 10.1. The maximum absolute atomic E-state index is 11.5. The fourth-order valence-electron chi connectivity index (χ4n) is 1.91. The van der Waals surface area contributed by atoms with Gasteiger partial charge < -0.3 is 0 Å². The molecule has 0 saturated carbocycles. The maximum Gasteiger partial charge on any atom is 0.154 e. The van der Waals surface area contributed by atoms with Gasteiger partial charge in [-0.25, -0.2) is 8.42 Å². The Balaban J connectivity index is 2.52. The van der Waals surface area contributed by atoms with Gasteiger partial charge in [-0.2, -0.15) is 5.10 Å². The number of alkyl halides is 1. The standard InChI is InChI=1S/C9H13ClN2O2S/c1-2-12-9(5-10)7-6-15(13,14)4-3-8(7)11-12/h2-6H2,1H3. The lowest BCUT2D eigenvalue weighted by Crippen LogP contribution is -2.18. The summed E-state index contributed by atoms with van der Waals surface area (Å²) in [5.74, 6) is 0.637. The van der Waals surface area contributed by atoms with E-state index in [-0.39, 0.29) is 11.5 Å². The third kappa shape index (κ3) is 1.90. The normalized spacial score (nSPS) is 18.8. The van der Waals surface area contributed by atoms with Crippen molar-refractivity contribution >= 4 is 21.4 Å². The molecule has 1 aliphatic heterocycles. The Morgan fingerprint density at radius 2 is 2.27 bits per heavy atom. The summed E-state index contributed by atoms with van der Waals surface area (Å²) in [6.45, 7) is 2.71. The van der Waals surface area contributed by atoms with Crippen molar-refractivity contribution in [3.05, 3.63) is 17.0 Å². The number of halogens is 1. The van der Waals surface area contributed by atoms with Crippen molar-refractivity contribution in [1.29, 1.82) is 0 Å². The molecule has 0 aromatic carbocycles. The monoisotopic (exact) mass is 248 g/mol.